The number of nitrogens with one attached hydrogen (secondary N) is 3. The molecule has 0 aliphatic heterocycles. The zero-order chi connectivity index (χ0) is 12.7. The highest BCUT2D eigenvalue weighted by atomic mass is 16.5. The third-order valence-electron chi connectivity index (χ3n) is 1.78. The van der Waals surface area contributed by atoms with Crippen LogP contribution in [0.1, 0.15) is 10.5 Å². The highest BCUT2D eigenvalue weighted by Crippen LogP contribution is 1.87. The first kappa shape index (κ1) is 12.7. The number of rotatable bonds is 4. The number of carbonyl (C=O) groups is 2. The minimum Gasteiger partial charge on any atom is -0.453 e. The maximum atomic E-state index is 11.4. The molecule has 0 saturated heterocycles. The van der Waals surface area contributed by atoms with Crippen LogP contribution in [0.2, 0.25) is 0 Å². The smallest absolute Gasteiger partial charge is 0.406 e. The summed E-state index contributed by atoms with van der Waals surface area (Å²) in [6.45, 7) is 0.469. The topological polar surface area (TPSA) is 113 Å². The van der Waals surface area contributed by atoms with Crippen LogP contribution in [0, 0.1) is 0 Å². The van der Waals surface area contributed by atoms with Gasteiger partial charge in [-0.05, 0) is 6.07 Å². The SMILES string of the molecule is COC(=O)NCCNC(=O)c1ccc(=O)[nH]n1. The number of nitrogens with zero attached hydrogens (tertiary/aromatic N) is 1. The lowest BCUT2D eigenvalue weighted by Crippen LogP contribution is -2.35. The van der Waals surface area contributed by atoms with E-state index in [2.05, 4.69) is 25.6 Å². The predicted octanol–water partition coefficient (Wildman–Crippen LogP) is -1.14. The maximum absolute atomic E-state index is 11.4. The van der Waals surface area contributed by atoms with Crippen molar-refractivity contribution < 1.29 is 14.3 Å². The van der Waals surface area contributed by atoms with E-state index in [1.807, 2.05) is 0 Å². The van der Waals surface area contributed by atoms with Crippen molar-refractivity contribution in [3.05, 3.63) is 28.2 Å². The average molecular weight is 240 g/mol. The molecule has 0 unspecified atom stereocenters. The Balaban J connectivity index is 2.33. The molecule has 1 aromatic heterocycles. The lowest BCUT2D eigenvalue weighted by molar-refractivity contribution is 0.0946. The molecule has 0 aromatic carbocycles. The fraction of sp³-hybridized carbons (Fsp3) is 0.333. The number of amides is 2. The Kier molecular flexibility index (Phi) is 4.67. The molecule has 2 amide bonds. The van der Waals surface area contributed by atoms with Gasteiger partial charge in [0.1, 0.15) is 5.69 Å². The van der Waals surface area contributed by atoms with E-state index >= 15 is 0 Å². The number of aromatic nitrogens is 2. The molecule has 92 valence electrons. The fourth-order valence-electron chi connectivity index (χ4n) is 0.974. The van der Waals surface area contributed by atoms with E-state index in [9.17, 15) is 14.4 Å². The third kappa shape index (κ3) is 4.33. The standard InChI is InChI=1S/C9H12N4O4/c1-17-9(16)11-5-4-10-8(15)6-2-3-7(14)13-12-6/h2-3H,4-5H2,1H3,(H,10,15)(H,11,16)(H,13,14). The van der Waals surface area contributed by atoms with Gasteiger partial charge in [0.05, 0.1) is 7.11 Å². The molecule has 0 fully saturated rings. The zero-order valence-corrected chi connectivity index (χ0v) is 9.15. The molecule has 0 radical (unpaired) electrons. The van der Waals surface area contributed by atoms with Gasteiger partial charge in [-0.3, -0.25) is 9.59 Å². The van der Waals surface area contributed by atoms with E-state index in [-0.39, 0.29) is 24.3 Å². The van der Waals surface area contributed by atoms with Crippen molar-refractivity contribution in [1.29, 1.82) is 0 Å². The van der Waals surface area contributed by atoms with Gasteiger partial charge in [-0.2, -0.15) is 5.10 Å². The van der Waals surface area contributed by atoms with Crippen molar-refractivity contribution in [3.63, 3.8) is 0 Å². The summed E-state index contributed by atoms with van der Waals surface area (Å²) in [6, 6.07) is 2.51. The van der Waals surface area contributed by atoms with Crippen LogP contribution in [-0.4, -0.2) is 42.4 Å². The summed E-state index contributed by atoms with van der Waals surface area (Å²) < 4.78 is 4.34. The molecule has 1 rings (SSSR count). The van der Waals surface area contributed by atoms with E-state index in [1.54, 1.807) is 0 Å². The maximum Gasteiger partial charge on any atom is 0.406 e. The Morgan fingerprint density at radius 3 is 2.65 bits per heavy atom. The molecule has 0 aliphatic carbocycles. The second-order valence-corrected chi connectivity index (χ2v) is 2.98. The number of aromatic amines is 1. The molecule has 1 aromatic rings. The number of methoxy groups -OCH3 is 1. The Hall–Kier alpha value is -2.38. The first-order valence-corrected chi connectivity index (χ1v) is 4.79. The average Bonchev–Trinajstić information content (AvgIpc) is 2.34. The van der Waals surface area contributed by atoms with Crippen LogP contribution >= 0.6 is 0 Å². The molecule has 8 heteroatoms. The number of hydrogen-bond acceptors (Lipinski definition) is 5. The second kappa shape index (κ2) is 6.26. The zero-order valence-electron chi connectivity index (χ0n) is 9.15. The van der Waals surface area contributed by atoms with Crippen LogP contribution < -0.4 is 16.2 Å². The van der Waals surface area contributed by atoms with Gasteiger partial charge in [-0.1, -0.05) is 0 Å². The van der Waals surface area contributed by atoms with Gasteiger partial charge in [0.2, 0.25) is 0 Å². The molecule has 8 nitrogen and oxygen atoms in total. The molecular weight excluding hydrogens is 228 g/mol. The van der Waals surface area contributed by atoms with Crippen molar-refractivity contribution in [3.8, 4) is 0 Å². The largest absolute Gasteiger partial charge is 0.453 e. The van der Waals surface area contributed by atoms with Crippen molar-refractivity contribution in [2.75, 3.05) is 20.2 Å². The Bertz CT molecular complexity index is 436. The van der Waals surface area contributed by atoms with Crippen molar-refractivity contribution >= 4 is 12.0 Å². The van der Waals surface area contributed by atoms with Crippen molar-refractivity contribution in [2.45, 2.75) is 0 Å². The number of alkyl carbamates (subject to hydrolysis) is 1. The fourth-order valence-corrected chi connectivity index (χ4v) is 0.974. The van der Waals surface area contributed by atoms with Gasteiger partial charge in [0, 0.05) is 19.2 Å². The Labute approximate surface area is 96.4 Å². The predicted molar refractivity (Wildman–Crippen MR) is 57.6 cm³/mol. The summed E-state index contributed by atoms with van der Waals surface area (Å²) in [5.41, 5.74) is -0.281. The normalized spacial score (nSPS) is 9.47. The molecule has 0 spiro atoms. The van der Waals surface area contributed by atoms with Gasteiger partial charge in [0.25, 0.3) is 11.5 Å². The molecule has 0 atom stereocenters. The van der Waals surface area contributed by atoms with Gasteiger partial charge in [-0.25, -0.2) is 9.89 Å². The number of H-pyrrole nitrogens is 1. The van der Waals surface area contributed by atoms with Gasteiger partial charge in [-0.15, -0.1) is 0 Å². The minimum absolute atomic E-state index is 0.0997. The summed E-state index contributed by atoms with van der Waals surface area (Å²) in [7, 11) is 1.25. The molecule has 17 heavy (non-hydrogen) atoms. The summed E-state index contributed by atoms with van der Waals surface area (Å²) in [6.07, 6.45) is -0.568. The van der Waals surface area contributed by atoms with Crippen LogP contribution in [0.15, 0.2) is 16.9 Å². The summed E-state index contributed by atoms with van der Waals surface area (Å²) in [4.78, 5) is 32.8. The second-order valence-electron chi connectivity index (χ2n) is 2.98. The summed E-state index contributed by atoms with van der Waals surface area (Å²) >= 11 is 0. The van der Waals surface area contributed by atoms with Crippen LogP contribution in [0.4, 0.5) is 4.79 Å². The van der Waals surface area contributed by atoms with Gasteiger partial charge >= 0.3 is 6.09 Å². The van der Waals surface area contributed by atoms with E-state index in [0.29, 0.717) is 0 Å². The molecule has 3 N–H and O–H groups in total. The highest BCUT2D eigenvalue weighted by Gasteiger charge is 2.06. The van der Waals surface area contributed by atoms with Gasteiger partial charge < -0.3 is 15.4 Å². The monoisotopic (exact) mass is 240 g/mol. The lowest BCUT2D eigenvalue weighted by Gasteiger charge is -2.05. The van der Waals surface area contributed by atoms with E-state index in [1.165, 1.54) is 19.2 Å². The quantitative estimate of drug-likeness (QED) is 0.575. The molecule has 0 aliphatic rings. The first-order valence-electron chi connectivity index (χ1n) is 4.79. The third-order valence-corrected chi connectivity index (χ3v) is 1.78. The van der Waals surface area contributed by atoms with Crippen molar-refractivity contribution in [2.24, 2.45) is 0 Å². The number of ether oxygens (including phenoxy) is 1. The van der Waals surface area contributed by atoms with Crippen LogP contribution in [0.25, 0.3) is 0 Å². The van der Waals surface area contributed by atoms with Crippen LogP contribution in [-0.2, 0) is 4.74 Å². The van der Waals surface area contributed by atoms with E-state index < -0.39 is 12.0 Å². The van der Waals surface area contributed by atoms with Crippen LogP contribution in [0.3, 0.4) is 0 Å². The minimum atomic E-state index is -0.568. The highest BCUT2D eigenvalue weighted by molar-refractivity contribution is 5.91. The molecule has 0 bridgehead atoms. The number of carbonyl (C=O) groups excluding carboxylic acids is 2. The Morgan fingerprint density at radius 1 is 1.35 bits per heavy atom. The van der Waals surface area contributed by atoms with E-state index in [0.717, 1.165) is 0 Å². The number of hydrogen-bond donors (Lipinski definition) is 3. The lowest BCUT2D eigenvalue weighted by atomic mass is 10.3. The van der Waals surface area contributed by atoms with E-state index in [4.69, 9.17) is 0 Å². The van der Waals surface area contributed by atoms with Crippen molar-refractivity contribution in [1.82, 2.24) is 20.8 Å². The van der Waals surface area contributed by atoms with Gasteiger partial charge in [0.15, 0.2) is 0 Å². The summed E-state index contributed by atoms with van der Waals surface area (Å²) in [5.74, 6) is -0.437. The first-order chi connectivity index (χ1) is 8.13. The summed E-state index contributed by atoms with van der Waals surface area (Å²) in [5, 5.41) is 10.6. The molecular formula is C9H12N4O4. The van der Waals surface area contributed by atoms with Crippen LogP contribution in [0.5, 0.6) is 0 Å². The molecule has 0 saturated carbocycles. The Morgan fingerprint density at radius 2 is 2.06 bits per heavy atom. The molecule has 1 heterocycles.